The van der Waals surface area contributed by atoms with Crippen molar-refractivity contribution in [3.63, 3.8) is 0 Å². The predicted octanol–water partition coefficient (Wildman–Crippen LogP) is 5.42. The highest BCUT2D eigenvalue weighted by atomic mass is 16.3. The lowest BCUT2D eigenvalue weighted by Gasteiger charge is -2.60. The zero-order valence-electron chi connectivity index (χ0n) is 21.2. The maximum Gasteiger partial charge on any atom is 0.0848 e. The predicted molar refractivity (Wildman–Crippen MR) is 131 cm³/mol. The van der Waals surface area contributed by atoms with E-state index in [4.69, 9.17) is 6.42 Å². The summed E-state index contributed by atoms with van der Waals surface area (Å²) in [7, 11) is 0. The number of hydrogen-bond acceptors (Lipinski definition) is 3. The van der Waals surface area contributed by atoms with Gasteiger partial charge in [-0.2, -0.15) is 5.10 Å². The Morgan fingerprint density at radius 3 is 2.52 bits per heavy atom. The van der Waals surface area contributed by atoms with Crippen LogP contribution in [0.5, 0.6) is 0 Å². The Kier molecular flexibility index (Phi) is 5.58. The van der Waals surface area contributed by atoms with E-state index >= 15 is 0 Å². The van der Waals surface area contributed by atoms with Crippen molar-refractivity contribution in [2.45, 2.75) is 110 Å². The van der Waals surface area contributed by atoms with E-state index in [1.165, 1.54) is 44.9 Å². The molecule has 0 radical (unpaired) electrons. The van der Waals surface area contributed by atoms with Crippen molar-refractivity contribution in [2.75, 3.05) is 0 Å². The number of nitrogens with zero attached hydrogens (tertiary/aromatic N) is 2. The average Bonchev–Trinajstić information content (AvgIpc) is 3.32. The fourth-order valence-electron chi connectivity index (χ4n) is 9.53. The molecule has 0 saturated heterocycles. The molecule has 4 heteroatoms. The maximum absolute atomic E-state index is 11.7. The molecule has 0 amide bonds. The van der Waals surface area contributed by atoms with Crippen LogP contribution in [0.3, 0.4) is 0 Å². The quantitative estimate of drug-likeness (QED) is 0.603. The molecule has 4 nitrogen and oxygen atoms in total. The van der Waals surface area contributed by atoms with Gasteiger partial charge in [0.1, 0.15) is 0 Å². The minimum atomic E-state index is -0.795. The molecule has 2 N–H and O–H groups in total. The molecule has 4 saturated carbocycles. The first kappa shape index (κ1) is 23.4. The molecule has 0 aliphatic heterocycles. The Balaban J connectivity index is 1.37. The van der Waals surface area contributed by atoms with Crippen molar-refractivity contribution in [1.82, 2.24) is 9.78 Å². The van der Waals surface area contributed by atoms with Gasteiger partial charge in [-0.1, -0.05) is 19.8 Å². The Morgan fingerprint density at radius 2 is 1.79 bits per heavy atom. The van der Waals surface area contributed by atoms with Crippen molar-refractivity contribution in [3.8, 4) is 12.3 Å². The molecule has 4 aliphatic carbocycles. The summed E-state index contributed by atoms with van der Waals surface area (Å²) in [5.41, 5.74) is 0.0467. The Bertz CT molecular complexity index is 926. The Labute approximate surface area is 200 Å². The second kappa shape index (κ2) is 7.85. The summed E-state index contributed by atoms with van der Waals surface area (Å²) in [4.78, 5) is 0. The van der Waals surface area contributed by atoms with Crippen molar-refractivity contribution in [1.29, 1.82) is 0 Å². The van der Waals surface area contributed by atoms with Crippen LogP contribution >= 0.6 is 0 Å². The fraction of sp³-hybridized carbons (Fsp3) is 0.828. The summed E-state index contributed by atoms with van der Waals surface area (Å²) in [6, 6.07) is 0. The number of hydrogen-bond donors (Lipinski definition) is 2. The molecule has 1 aromatic heterocycles. The number of fused-ring (bicyclic) bond motifs is 5. The van der Waals surface area contributed by atoms with Gasteiger partial charge in [0.15, 0.2) is 0 Å². The van der Waals surface area contributed by atoms with Crippen LogP contribution in [0, 0.1) is 52.8 Å². The van der Waals surface area contributed by atoms with Gasteiger partial charge in [-0.25, -0.2) is 0 Å². The maximum atomic E-state index is 11.7. The van der Waals surface area contributed by atoms with Crippen molar-refractivity contribution >= 4 is 0 Å². The van der Waals surface area contributed by atoms with Crippen LogP contribution < -0.4 is 0 Å². The second-order valence-corrected chi connectivity index (χ2v) is 13.3. The normalized spacial score (nSPS) is 46.9. The highest BCUT2D eigenvalue weighted by Gasteiger charge is 2.62. The number of aromatic nitrogens is 2. The SMILES string of the molecule is C#Cc1cnn(C[C@@](C)(O)[C@H]2CC[C@H]3[C@@H]4CC[C@H]5CC[C@](C)(O)CC[C@]5(C)[C@H]4CC[C@@]32C)c1. The molecule has 1 heterocycles. The smallest absolute Gasteiger partial charge is 0.0848 e. The molecular weight excluding hydrogens is 408 g/mol. The summed E-state index contributed by atoms with van der Waals surface area (Å²) in [5, 5.41) is 27.0. The zero-order valence-corrected chi connectivity index (χ0v) is 21.2. The van der Waals surface area contributed by atoms with E-state index in [0.717, 1.165) is 42.6 Å². The lowest BCUT2D eigenvalue weighted by Crippen LogP contribution is -2.54. The van der Waals surface area contributed by atoms with Gasteiger partial charge in [-0.05, 0) is 118 Å². The summed E-state index contributed by atoms with van der Waals surface area (Å²) >= 11 is 0. The summed E-state index contributed by atoms with van der Waals surface area (Å²) in [6.07, 6.45) is 20.9. The van der Waals surface area contributed by atoms with E-state index in [1.54, 1.807) is 6.20 Å². The van der Waals surface area contributed by atoms with E-state index in [-0.39, 0.29) is 11.3 Å². The molecule has 0 unspecified atom stereocenters. The molecule has 33 heavy (non-hydrogen) atoms. The van der Waals surface area contributed by atoms with Crippen molar-refractivity contribution in [2.24, 2.45) is 40.4 Å². The van der Waals surface area contributed by atoms with Crippen molar-refractivity contribution < 1.29 is 10.2 Å². The summed E-state index contributed by atoms with van der Waals surface area (Å²) in [5.74, 6) is 5.94. The van der Waals surface area contributed by atoms with E-state index in [9.17, 15) is 10.2 Å². The van der Waals surface area contributed by atoms with Crippen LogP contribution in [0.2, 0.25) is 0 Å². The van der Waals surface area contributed by atoms with E-state index in [0.29, 0.717) is 17.9 Å². The largest absolute Gasteiger partial charge is 0.390 e. The lowest BCUT2D eigenvalue weighted by atomic mass is 9.45. The molecule has 4 fully saturated rings. The minimum Gasteiger partial charge on any atom is -0.390 e. The highest BCUT2D eigenvalue weighted by molar-refractivity contribution is 5.26. The molecule has 9 atom stereocenters. The van der Waals surface area contributed by atoms with Gasteiger partial charge >= 0.3 is 0 Å². The van der Waals surface area contributed by atoms with E-state index in [1.807, 2.05) is 17.8 Å². The molecule has 0 spiro atoms. The van der Waals surface area contributed by atoms with Crippen LogP contribution in [0.1, 0.15) is 97.5 Å². The molecular formula is C29H44N2O2. The van der Waals surface area contributed by atoms with Gasteiger partial charge in [-0.15, -0.1) is 6.42 Å². The summed E-state index contributed by atoms with van der Waals surface area (Å²) in [6.45, 7) is 9.65. The average molecular weight is 453 g/mol. The number of terminal acetylenes is 1. The standard InChI is InChI=1S/C29H44N2O2/c1-6-20-17-30-31(18-20)19-29(5,33)25-10-9-23-22-8-7-21-11-13-26(2,32)15-16-27(21,3)24(22)12-14-28(23,25)4/h1,17-18,21-25,32-33H,7-16,19H2,2-5H3/t21-,22-,23-,24-,25-,26-,27-,28-,29+/m0/s1. The van der Waals surface area contributed by atoms with Gasteiger partial charge in [0.2, 0.25) is 0 Å². The topological polar surface area (TPSA) is 58.3 Å². The number of rotatable bonds is 3. The zero-order chi connectivity index (χ0) is 23.6. The van der Waals surface area contributed by atoms with E-state index < -0.39 is 11.2 Å². The molecule has 1 aromatic rings. The first-order valence-electron chi connectivity index (χ1n) is 13.4. The molecule has 0 aromatic carbocycles. The second-order valence-electron chi connectivity index (χ2n) is 13.3. The van der Waals surface area contributed by atoms with Gasteiger partial charge in [0.25, 0.3) is 0 Å². The van der Waals surface area contributed by atoms with Crippen LogP contribution in [0.25, 0.3) is 0 Å². The first-order valence-corrected chi connectivity index (χ1v) is 13.4. The molecule has 5 rings (SSSR count). The van der Waals surface area contributed by atoms with Crippen LogP contribution in [-0.2, 0) is 6.54 Å². The van der Waals surface area contributed by atoms with Crippen LogP contribution in [0.4, 0.5) is 0 Å². The lowest BCUT2D eigenvalue weighted by molar-refractivity contribution is -0.131. The third kappa shape index (κ3) is 3.79. The third-order valence-electron chi connectivity index (χ3n) is 11.3. The van der Waals surface area contributed by atoms with Gasteiger partial charge in [0.05, 0.1) is 29.5 Å². The van der Waals surface area contributed by atoms with Gasteiger partial charge < -0.3 is 10.2 Å². The minimum absolute atomic E-state index is 0.187. The summed E-state index contributed by atoms with van der Waals surface area (Å²) < 4.78 is 1.83. The van der Waals surface area contributed by atoms with Gasteiger partial charge in [-0.3, -0.25) is 4.68 Å². The van der Waals surface area contributed by atoms with E-state index in [2.05, 4.69) is 31.8 Å². The Morgan fingerprint density at radius 1 is 1.03 bits per heavy atom. The molecule has 182 valence electrons. The highest BCUT2D eigenvalue weighted by Crippen LogP contribution is 2.68. The first-order chi connectivity index (χ1) is 15.5. The van der Waals surface area contributed by atoms with Crippen molar-refractivity contribution in [3.05, 3.63) is 18.0 Å². The van der Waals surface area contributed by atoms with Gasteiger partial charge in [0, 0.05) is 6.20 Å². The Hall–Kier alpha value is -1.31. The fourth-order valence-corrected chi connectivity index (χ4v) is 9.53. The molecule has 4 aliphatic rings. The van der Waals surface area contributed by atoms with Crippen LogP contribution in [0.15, 0.2) is 12.4 Å². The molecule has 0 bridgehead atoms. The number of aliphatic hydroxyl groups is 2. The third-order valence-corrected chi connectivity index (χ3v) is 11.3. The van der Waals surface area contributed by atoms with Crippen LogP contribution in [-0.4, -0.2) is 31.2 Å². The monoisotopic (exact) mass is 452 g/mol.